The molecule has 0 heterocycles. The monoisotopic (exact) mass is 156 g/mol. The zero-order valence-corrected chi connectivity index (χ0v) is 6.56. The van der Waals surface area contributed by atoms with Gasteiger partial charge in [0.05, 0.1) is 0 Å². The van der Waals surface area contributed by atoms with Crippen LogP contribution in [0.1, 0.15) is 6.92 Å². The second-order valence-electron chi connectivity index (χ2n) is 1.61. The first-order chi connectivity index (χ1) is 4.76. The van der Waals surface area contributed by atoms with Crippen molar-refractivity contribution in [3.63, 3.8) is 0 Å². The van der Waals surface area contributed by atoms with Gasteiger partial charge in [0.15, 0.2) is 6.29 Å². The first-order valence-electron chi connectivity index (χ1n) is 2.86. The van der Waals surface area contributed by atoms with Gasteiger partial charge in [0.1, 0.15) is 0 Å². The number of hydrogen-bond acceptors (Lipinski definition) is 1. The third-order valence-electron chi connectivity index (χ3n) is 0.954. The summed E-state index contributed by atoms with van der Waals surface area (Å²) in [4.78, 5) is 10.3. The molecule has 0 unspecified atom stereocenters. The van der Waals surface area contributed by atoms with Crippen molar-refractivity contribution in [2.75, 3.05) is 0 Å². The number of hydrogen-bond donors (Lipinski definition) is 0. The van der Waals surface area contributed by atoms with E-state index in [0.29, 0.717) is 16.9 Å². The largest absolute Gasteiger partial charge is 0.298 e. The summed E-state index contributed by atoms with van der Waals surface area (Å²) in [6.07, 6.45) is 5.44. The summed E-state index contributed by atoms with van der Waals surface area (Å²) in [6.45, 7) is 5.21. The molecule has 0 bridgehead atoms. The van der Waals surface area contributed by atoms with Gasteiger partial charge < -0.3 is 0 Å². The van der Waals surface area contributed by atoms with Gasteiger partial charge in [-0.15, -0.1) is 0 Å². The lowest BCUT2D eigenvalue weighted by molar-refractivity contribution is -0.104. The molecule has 54 valence electrons. The molecule has 0 saturated heterocycles. The fourth-order valence-corrected chi connectivity index (χ4v) is 0.576. The van der Waals surface area contributed by atoms with Crippen LogP contribution < -0.4 is 0 Å². The van der Waals surface area contributed by atoms with Crippen molar-refractivity contribution in [2.45, 2.75) is 6.92 Å². The van der Waals surface area contributed by atoms with Crippen LogP contribution in [0.2, 0.25) is 0 Å². The highest BCUT2D eigenvalue weighted by atomic mass is 35.5. The molecule has 0 radical (unpaired) electrons. The zero-order chi connectivity index (χ0) is 7.98. The van der Waals surface area contributed by atoms with Crippen molar-refractivity contribution in [3.8, 4) is 0 Å². The van der Waals surface area contributed by atoms with Gasteiger partial charge >= 0.3 is 0 Å². The number of allylic oxidation sites excluding steroid dienone is 5. The molecule has 0 N–H and O–H groups in total. The predicted octanol–water partition coefficient (Wildman–Crippen LogP) is 2.44. The van der Waals surface area contributed by atoms with Gasteiger partial charge in [-0.3, -0.25) is 4.79 Å². The summed E-state index contributed by atoms with van der Waals surface area (Å²) in [7, 11) is 0. The molecule has 0 aromatic rings. The SMILES string of the molecule is C=C/C=C(C=O)\C(Cl)=C/C. The molecular weight excluding hydrogens is 148 g/mol. The van der Waals surface area contributed by atoms with Crippen molar-refractivity contribution in [2.24, 2.45) is 0 Å². The Morgan fingerprint density at radius 3 is 2.50 bits per heavy atom. The Morgan fingerprint density at radius 2 is 2.20 bits per heavy atom. The van der Waals surface area contributed by atoms with E-state index >= 15 is 0 Å². The van der Waals surface area contributed by atoms with Crippen LogP contribution in [0, 0.1) is 0 Å². The fraction of sp³-hybridized carbons (Fsp3) is 0.125. The van der Waals surface area contributed by atoms with E-state index in [1.807, 2.05) is 0 Å². The standard InChI is InChI=1S/C8H9ClO/c1-3-5-7(6-10)8(9)4-2/h3-6H,1H2,2H3/b7-5-,8-4+. The third-order valence-corrected chi connectivity index (χ3v) is 1.39. The average molecular weight is 157 g/mol. The van der Waals surface area contributed by atoms with Crippen LogP contribution >= 0.6 is 11.6 Å². The first-order valence-corrected chi connectivity index (χ1v) is 3.24. The van der Waals surface area contributed by atoms with Gasteiger partial charge in [0.2, 0.25) is 0 Å². The van der Waals surface area contributed by atoms with E-state index in [0.717, 1.165) is 0 Å². The summed E-state index contributed by atoms with van der Waals surface area (Å²) in [6, 6.07) is 0. The van der Waals surface area contributed by atoms with Crippen molar-refractivity contribution in [1.29, 1.82) is 0 Å². The van der Waals surface area contributed by atoms with Crippen LogP contribution in [-0.4, -0.2) is 6.29 Å². The molecular formula is C8H9ClO. The average Bonchev–Trinajstić information content (AvgIpc) is 1.99. The normalized spacial score (nSPS) is 13.0. The Balaban J connectivity index is 4.51. The molecule has 0 rings (SSSR count). The lowest BCUT2D eigenvalue weighted by Gasteiger charge is -1.91. The van der Waals surface area contributed by atoms with E-state index in [1.54, 1.807) is 19.1 Å². The highest BCUT2D eigenvalue weighted by Crippen LogP contribution is 2.11. The maximum Gasteiger partial charge on any atom is 0.151 e. The smallest absolute Gasteiger partial charge is 0.151 e. The molecule has 0 atom stereocenters. The van der Waals surface area contributed by atoms with E-state index in [1.165, 1.54) is 6.08 Å². The molecule has 0 aromatic carbocycles. The van der Waals surface area contributed by atoms with E-state index in [4.69, 9.17) is 11.6 Å². The van der Waals surface area contributed by atoms with Crippen LogP contribution in [-0.2, 0) is 4.79 Å². The number of halogens is 1. The molecule has 10 heavy (non-hydrogen) atoms. The lowest BCUT2D eigenvalue weighted by Crippen LogP contribution is -1.82. The number of rotatable bonds is 3. The van der Waals surface area contributed by atoms with Gasteiger partial charge in [0, 0.05) is 10.6 Å². The van der Waals surface area contributed by atoms with Gasteiger partial charge in [-0.05, 0) is 6.92 Å². The molecule has 0 fully saturated rings. The van der Waals surface area contributed by atoms with Gasteiger partial charge in [-0.1, -0.05) is 36.4 Å². The predicted molar refractivity (Wildman–Crippen MR) is 44.0 cm³/mol. The van der Waals surface area contributed by atoms with Crippen molar-refractivity contribution >= 4 is 17.9 Å². The van der Waals surface area contributed by atoms with E-state index in [9.17, 15) is 4.79 Å². The highest BCUT2D eigenvalue weighted by molar-refractivity contribution is 6.34. The van der Waals surface area contributed by atoms with Crippen LogP contribution in [0.15, 0.2) is 35.4 Å². The van der Waals surface area contributed by atoms with Crippen LogP contribution in [0.4, 0.5) is 0 Å². The summed E-state index contributed by atoms with van der Waals surface area (Å²) in [5, 5.41) is 0.454. The molecule has 0 aliphatic heterocycles. The lowest BCUT2D eigenvalue weighted by atomic mass is 10.2. The molecule has 0 saturated carbocycles. The molecule has 1 nitrogen and oxygen atoms in total. The molecule has 0 aromatic heterocycles. The number of carbonyl (C=O) groups excluding carboxylic acids is 1. The minimum absolute atomic E-state index is 0.454. The topological polar surface area (TPSA) is 17.1 Å². The Labute approximate surface area is 65.7 Å². The van der Waals surface area contributed by atoms with Crippen molar-refractivity contribution in [1.82, 2.24) is 0 Å². The van der Waals surface area contributed by atoms with Gasteiger partial charge in [-0.2, -0.15) is 0 Å². The van der Waals surface area contributed by atoms with Crippen molar-refractivity contribution in [3.05, 3.63) is 35.4 Å². The first kappa shape index (κ1) is 9.18. The second-order valence-corrected chi connectivity index (χ2v) is 2.02. The Bertz CT molecular complexity index is 189. The van der Waals surface area contributed by atoms with Crippen LogP contribution in [0.5, 0.6) is 0 Å². The van der Waals surface area contributed by atoms with Crippen LogP contribution in [0.25, 0.3) is 0 Å². The summed E-state index contributed by atoms with van der Waals surface area (Å²) < 4.78 is 0. The number of aldehydes is 1. The zero-order valence-electron chi connectivity index (χ0n) is 5.80. The third kappa shape index (κ3) is 2.65. The molecule has 0 aliphatic carbocycles. The summed E-state index contributed by atoms with van der Waals surface area (Å²) in [5.74, 6) is 0. The molecule has 0 spiro atoms. The van der Waals surface area contributed by atoms with E-state index in [2.05, 4.69) is 6.58 Å². The van der Waals surface area contributed by atoms with Crippen LogP contribution in [0.3, 0.4) is 0 Å². The maximum atomic E-state index is 10.3. The quantitative estimate of drug-likeness (QED) is 0.349. The van der Waals surface area contributed by atoms with Crippen molar-refractivity contribution < 1.29 is 4.79 Å². The maximum absolute atomic E-state index is 10.3. The molecule has 2 heteroatoms. The summed E-state index contributed by atoms with van der Waals surface area (Å²) >= 11 is 5.62. The van der Waals surface area contributed by atoms with E-state index < -0.39 is 0 Å². The minimum atomic E-state index is 0.454. The Morgan fingerprint density at radius 1 is 1.60 bits per heavy atom. The van der Waals surface area contributed by atoms with Gasteiger partial charge in [-0.25, -0.2) is 0 Å². The Kier molecular flexibility index (Phi) is 4.59. The highest BCUT2D eigenvalue weighted by Gasteiger charge is 1.95. The van der Waals surface area contributed by atoms with Gasteiger partial charge in [0.25, 0.3) is 0 Å². The second kappa shape index (κ2) is 5.00. The minimum Gasteiger partial charge on any atom is -0.298 e. The molecule has 0 amide bonds. The fourth-order valence-electron chi connectivity index (χ4n) is 0.469. The number of carbonyl (C=O) groups is 1. The van der Waals surface area contributed by atoms with E-state index in [-0.39, 0.29) is 0 Å². The Hall–Kier alpha value is -0.820. The molecule has 0 aliphatic rings. The summed E-state index contributed by atoms with van der Waals surface area (Å²) in [5.41, 5.74) is 0.458.